The highest BCUT2D eigenvalue weighted by Crippen LogP contribution is 2.64. The molecule has 70 heavy (non-hydrogen) atoms. The largest absolute Gasteiger partial charge is 0.310 e. The number of rotatable bonds is 6. The molecular formula is C66H42N4. The second-order valence-electron chi connectivity index (χ2n) is 18.3. The lowest BCUT2D eigenvalue weighted by molar-refractivity contribution is 0.754. The molecule has 1 aliphatic heterocycles. The molecule has 0 saturated heterocycles. The fourth-order valence-corrected chi connectivity index (χ4v) is 11.3. The summed E-state index contributed by atoms with van der Waals surface area (Å²) < 4.78 is 0. The average molecular weight is 891 g/mol. The quantitative estimate of drug-likeness (QED) is 0.156. The maximum atomic E-state index is 5.38. The maximum absolute atomic E-state index is 5.38. The summed E-state index contributed by atoms with van der Waals surface area (Å²) in [4.78, 5) is 18.0. The third-order valence-electron chi connectivity index (χ3n) is 14.5. The van der Waals surface area contributed by atoms with Gasteiger partial charge in [0.1, 0.15) is 0 Å². The van der Waals surface area contributed by atoms with Crippen molar-refractivity contribution >= 4 is 38.7 Å². The first-order chi connectivity index (χ1) is 34.7. The Morgan fingerprint density at radius 3 is 1.49 bits per heavy atom. The van der Waals surface area contributed by atoms with Crippen molar-refractivity contribution in [2.45, 2.75) is 5.41 Å². The predicted molar refractivity (Wildman–Crippen MR) is 288 cm³/mol. The van der Waals surface area contributed by atoms with Gasteiger partial charge in [-0.3, -0.25) is 0 Å². The molecule has 4 heteroatoms. The zero-order valence-electron chi connectivity index (χ0n) is 38.0. The third-order valence-corrected chi connectivity index (χ3v) is 14.5. The van der Waals surface area contributed by atoms with E-state index in [1.54, 1.807) is 0 Å². The maximum Gasteiger partial charge on any atom is 0.160 e. The summed E-state index contributed by atoms with van der Waals surface area (Å²) in [6.45, 7) is 0. The van der Waals surface area contributed by atoms with Crippen LogP contribution in [0.15, 0.2) is 255 Å². The van der Waals surface area contributed by atoms with E-state index in [9.17, 15) is 0 Å². The Morgan fingerprint density at radius 2 is 0.814 bits per heavy atom. The van der Waals surface area contributed by atoms with Crippen molar-refractivity contribution < 1.29 is 0 Å². The minimum absolute atomic E-state index is 0.660. The molecule has 10 aromatic carbocycles. The summed E-state index contributed by atoms with van der Waals surface area (Å²) >= 11 is 0. The molecule has 0 atom stereocenters. The van der Waals surface area contributed by atoms with Gasteiger partial charge in [-0.25, -0.2) is 15.0 Å². The first kappa shape index (κ1) is 39.9. The van der Waals surface area contributed by atoms with Gasteiger partial charge in [0.25, 0.3) is 0 Å². The third kappa shape index (κ3) is 6.13. The van der Waals surface area contributed by atoms with E-state index in [2.05, 4.69) is 235 Å². The van der Waals surface area contributed by atoms with Crippen LogP contribution in [0.3, 0.4) is 0 Å². The highest BCUT2D eigenvalue weighted by Gasteiger charge is 2.52. The molecule has 0 bridgehead atoms. The Balaban J connectivity index is 1.000. The van der Waals surface area contributed by atoms with Crippen LogP contribution in [-0.4, -0.2) is 15.0 Å². The Hall–Kier alpha value is -9.25. The lowest BCUT2D eigenvalue weighted by atomic mass is 9.64. The Bertz CT molecular complexity index is 3880. The first-order valence-electron chi connectivity index (χ1n) is 23.9. The van der Waals surface area contributed by atoms with Gasteiger partial charge >= 0.3 is 0 Å². The predicted octanol–water partition coefficient (Wildman–Crippen LogP) is 16.7. The lowest BCUT2D eigenvalue weighted by Gasteiger charge is -2.45. The van der Waals surface area contributed by atoms with Crippen LogP contribution in [0.2, 0.25) is 0 Å². The molecule has 12 aromatic rings. The molecule has 14 rings (SSSR count). The van der Waals surface area contributed by atoms with Crippen LogP contribution in [0.25, 0.3) is 89.1 Å². The molecule has 4 nitrogen and oxygen atoms in total. The van der Waals surface area contributed by atoms with E-state index >= 15 is 0 Å². The Labute approximate surface area is 406 Å². The van der Waals surface area contributed by atoms with E-state index in [-0.39, 0.29) is 0 Å². The number of anilines is 3. The Kier molecular flexibility index (Phi) is 9.08. The first-order valence-corrected chi connectivity index (χ1v) is 23.9. The van der Waals surface area contributed by atoms with E-state index in [0.29, 0.717) is 5.82 Å². The molecule has 0 fully saturated rings. The van der Waals surface area contributed by atoms with Gasteiger partial charge in [-0.05, 0) is 104 Å². The van der Waals surface area contributed by atoms with Gasteiger partial charge in [-0.2, -0.15) is 0 Å². The summed E-state index contributed by atoms with van der Waals surface area (Å²) in [6, 6.07) is 91.9. The van der Waals surface area contributed by atoms with Crippen LogP contribution in [0.5, 0.6) is 0 Å². The molecule has 0 unspecified atom stereocenters. The van der Waals surface area contributed by atoms with Crippen molar-refractivity contribution in [1.29, 1.82) is 0 Å². The van der Waals surface area contributed by atoms with E-state index in [4.69, 9.17) is 15.0 Å². The minimum Gasteiger partial charge on any atom is -0.310 e. The fourth-order valence-electron chi connectivity index (χ4n) is 11.3. The standard InChI is InChI=1S/C66H42N4/c1-5-19-44(20-6-1)60-42-61(69-65(68-60)47-23-9-3-10-24-47)45-35-33-43(34-36-45)48-37-38-50-53-40-54-52(51-27-13-16-30-59(51)67-64(54)46-21-7-2-8-22-46)41-58(53)66(57(50)39-48)55-28-14-17-31-62(55)70(49-25-11-4-12-26-49)63-32-18-15-29-56(63)66/h1-42H. The SMILES string of the molecule is c1ccc(-c2cc(-c3ccc(-c4ccc5c(c4)C4(c6cc7c(cc6-5)c(-c5ccccc5)nc5ccccc57)c5ccccc5N(c5ccccc5)c5ccccc54)cc3)nc(-c3ccccc3)n2)cc1. The summed E-state index contributed by atoms with van der Waals surface area (Å²) in [5.41, 5.74) is 20.5. The van der Waals surface area contributed by atoms with E-state index in [0.717, 1.165) is 72.4 Å². The van der Waals surface area contributed by atoms with Crippen molar-refractivity contribution in [2.75, 3.05) is 4.90 Å². The zero-order chi connectivity index (χ0) is 46.2. The summed E-state index contributed by atoms with van der Waals surface area (Å²) in [5.74, 6) is 0.704. The number of hydrogen-bond donors (Lipinski definition) is 0. The summed E-state index contributed by atoms with van der Waals surface area (Å²) in [5, 5.41) is 3.48. The molecule has 3 heterocycles. The Morgan fingerprint density at radius 1 is 0.300 bits per heavy atom. The number of para-hydroxylation sites is 4. The summed E-state index contributed by atoms with van der Waals surface area (Å²) in [6.07, 6.45) is 0. The second-order valence-corrected chi connectivity index (χ2v) is 18.3. The number of nitrogens with zero attached hydrogens (tertiary/aromatic N) is 4. The number of fused-ring (bicyclic) bond motifs is 12. The van der Waals surface area contributed by atoms with Gasteiger partial charge in [0.2, 0.25) is 0 Å². The van der Waals surface area contributed by atoms with Crippen molar-refractivity contribution in [3.05, 3.63) is 277 Å². The van der Waals surface area contributed by atoms with Crippen molar-refractivity contribution in [3.8, 4) is 67.4 Å². The molecule has 2 aliphatic rings. The van der Waals surface area contributed by atoms with Crippen molar-refractivity contribution in [3.63, 3.8) is 0 Å². The van der Waals surface area contributed by atoms with Gasteiger partial charge in [-0.15, -0.1) is 0 Å². The minimum atomic E-state index is -0.660. The molecule has 0 amide bonds. The summed E-state index contributed by atoms with van der Waals surface area (Å²) in [7, 11) is 0. The molecule has 2 aromatic heterocycles. The molecule has 1 spiro atoms. The molecule has 0 radical (unpaired) electrons. The second kappa shape index (κ2) is 15.9. The van der Waals surface area contributed by atoms with Crippen LogP contribution >= 0.6 is 0 Å². The van der Waals surface area contributed by atoms with E-state index in [1.165, 1.54) is 50.1 Å². The number of pyridine rings is 1. The van der Waals surface area contributed by atoms with Crippen molar-refractivity contribution in [2.24, 2.45) is 0 Å². The van der Waals surface area contributed by atoms with Crippen LogP contribution in [0.4, 0.5) is 17.1 Å². The number of benzene rings is 10. The van der Waals surface area contributed by atoms with Crippen molar-refractivity contribution in [1.82, 2.24) is 15.0 Å². The normalized spacial score (nSPS) is 12.9. The average Bonchev–Trinajstić information content (AvgIpc) is 3.72. The molecule has 1 aliphatic carbocycles. The molecule has 326 valence electrons. The smallest absolute Gasteiger partial charge is 0.160 e. The fraction of sp³-hybridized carbons (Fsp3) is 0.0152. The van der Waals surface area contributed by atoms with Crippen LogP contribution < -0.4 is 4.90 Å². The number of hydrogen-bond acceptors (Lipinski definition) is 4. The van der Waals surface area contributed by atoms with E-state index in [1.807, 2.05) is 24.3 Å². The number of aromatic nitrogens is 3. The van der Waals surface area contributed by atoms with Crippen LogP contribution in [0.1, 0.15) is 22.3 Å². The van der Waals surface area contributed by atoms with Gasteiger partial charge in [-0.1, -0.05) is 200 Å². The van der Waals surface area contributed by atoms with Crippen LogP contribution in [0, 0.1) is 0 Å². The van der Waals surface area contributed by atoms with Crippen LogP contribution in [-0.2, 0) is 5.41 Å². The van der Waals surface area contributed by atoms with Gasteiger partial charge in [0.05, 0.1) is 39.4 Å². The highest BCUT2D eigenvalue weighted by molar-refractivity contribution is 6.14. The highest BCUT2D eigenvalue weighted by atomic mass is 15.2. The van der Waals surface area contributed by atoms with Gasteiger partial charge in [0.15, 0.2) is 5.82 Å². The zero-order valence-corrected chi connectivity index (χ0v) is 38.0. The van der Waals surface area contributed by atoms with Gasteiger partial charge in [0, 0.05) is 38.7 Å². The lowest BCUT2D eigenvalue weighted by Crippen LogP contribution is -2.36. The molecule has 0 N–H and O–H groups in total. The monoisotopic (exact) mass is 890 g/mol. The molecular weight excluding hydrogens is 849 g/mol. The molecule has 0 saturated carbocycles. The van der Waals surface area contributed by atoms with Gasteiger partial charge < -0.3 is 4.90 Å². The topological polar surface area (TPSA) is 41.9 Å². The van der Waals surface area contributed by atoms with E-state index < -0.39 is 5.41 Å².